The van der Waals surface area contributed by atoms with E-state index >= 15 is 0 Å². The van der Waals surface area contributed by atoms with E-state index in [1.54, 1.807) is 4.90 Å². The third-order valence-corrected chi connectivity index (χ3v) is 7.48. The molecule has 2 heterocycles. The fourth-order valence-electron chi connectivity index (χ4n) is 5.67. The Morgan fingerprint density at radius 2 is 1.73 bits per heavy atom. The van der Waals surface area contributed by atoms with Crippen molar-refractivity contribution in [1.29, 1.82) is 0 Å². The molecule has 0 spiro atoms. The molecule has 1 saturated heterocycles. The van der Waals surface area contributed by atoms with Crippen LogP contribution in [-0.2, 0) is 20.9 Å². The van der Waals surface area contributed by atoms with E-state index in [-0.39, 0.29) is 42.3 Å². The van der Waals surface area contributed by atoms with Gasteiger partial charge in [0.15, 0.2) is 0 Å². The van der Waals surface area contributed by atoms with E-state index in [1.807, 2.05) is 32.9 Å². The Bertz CT molecular complexity index is 1060. The molecule has 0 aromatic heterocycles. The van der Waals surface area contributed by atoms with E-state index < -0.39 is 17.6 Å². The zero-order valence-electron chi connectivity index (χ0n) is 22.6. The van der Waals surface area contributed by atoms with Crippen LogP contribution in [0, 0.1) is 5.92 Å². The first-order valence-electron chi connectivity index (χ1n) is 13.4. The summed E-state index contributed by atoms with van der Waals surface area (Å²) in [6.07, 6.45) is 3.83. The number of alkyl carbamates (subject to hydrolysis) is 1. The summed E-state index contributed by atoms with van der Waals surface area (Å²) in [4.78, 5) is 51.1. The first kappa shape index (κ1) is 27.1. The molecule has 2 aliphatic heterocycles. The number of piperidine rings is 1. The highest BCUT2D eigenvalue weighted by Crippen LogP contribution is 2.35. The van der Waals surface area contributed by atoms with Crippen LogP contribution < -0.4 is 16.0 Å². The van der Waals surface area contributed by atoms with Crippen LogP contribution in [0.5, 0.6) is 0 Å². The highest BCUT2D eigenvalue weighted by atomic mass is 16.6. The minimum Gasteiger partial charge on any atom is -0.444 e. The Balaban J connectivity index is 1.42. The Morgan fingerprint density at radius 1 is 1.05 bits per heavy atom. The summed E-state index contributed by atoms with van der Waals surface area (Å²) in [6.45, 7) is 10.3. The molecule has 3 N–H and O–H groups in total. The summed E-state index contributed by atoms with van der Waals surface area (Å²) in [5, 5.41) is 9.21. The number of benzene rings is 1. The molecule has 0 bridgehead atoms. The minimum absolute atomic E-state index is 0.0461. The summed E-state index contributed by atoms with van der Waals surface area (Å²) in [5.41, 5.74) is 2.17. The van der Waals surface area contributed by atoms with E-state index in [0.717, 1.165) is 36.8 Å². The number of hydrogen-bond donors (Lipinski definition) is 3. The number of carbonyl (C=O) groups is 4. The molecule has 4 rings (SSSR count). The summed E-state index contributed by atoms with van der Waals surface area (Å²) >= 11 is 0. The molecule has 1 aromatic rings. The molecule has 202 valence electrons. The molecule has 1 aromatic carbocycles. The fourth-order valence-corrected chi connectivity index (χ4v) is 5.67. The average molecular weight is 513 g/mol. The Hall–Kier alpha value is -2.94. The van der Waals surface area contributed by atoms with Gasteiger partial charge in [0.25, 0.3) is 5.91 Å². The lowest BCUT2D eigenvalue weighted by Crippen LogP contribution is -2.52. The van der Waals surface area contributed by atoms with Gasteiger partial charge < -0.3 is 20.3 Å². The van der Waals surface area contributed by atoms with Gasteiger partial charge in [-0.3, -0.25) is 19.7 Å². The largest absolute Gasteiger partial charge is 0.444 e. The summed E-state index contributed by atoms with van der Waals surface area (Å²) < 4.78 is 5.40. The number of hydrogen-bond acceptors (Lipinski definition) is 6. The van der Waals surface area contributed by atoms with Gasteiger partial charge in [-0.15, -0.1) is 0 Å². The van der Waals surface area contributed by atoms with Crippen LogP contribution in [0.2, 0.25) is 0 Å². The number of imide groups is 1. The molecule has 4 amide bonds. The smallest absolute Gasteiger partial charge is 0.407 e. The van der Waals surface area contributed by atoms with Gasteiger partial charge in [0.2, 0.25) is 11.8 Å². The Morgan fingerprint density at radius 3 is 2.35 bits per heavy atom. The maximum atomic E-state index is 13.3. The number of nitrogens with zero attached hydrogens (tertiary/aromatic N) is 1. The number of carbonyl (C=O) groups excluding carboxylic acids is 4. The fraction of sp³-hybridized carbons (Fsp3) is 0.643. The molecule has 9 nitrogen and oxygen atoms in total. The quantitative estimate of drug-likeness (QED) is 0.502. The lowest BCUT2D eigenvalue weighted by Gasteiger charge is -2.35. The molecule has 1 aliphatic carbocycles. The zero-order valence-corrected chi connectivity index (χ0v) is 22.6. The Labute approximate surface area is 219 Å². The van der Waals surface area contributed by atoms with Crippen molar-refractivity contribution in [2.45, 2.75) is 109 Å². The predicted molar refractivity (Wildman–Crippen MR) is 139 cm³/mol. The average Bonchev–Trinajstić information content (AvgIpc) is 3.13. The summed E-state index contributed by atoms with van der Waals surface area (Å²) in [6, 6.07) is 5.65. The summed E-state index contributed by atoms with van der Waals surface area (Å²) in [7, 11) is 0. The predicted octanol–water partition coefficient (Wildman–Crippen LogP) is 3.57. The standard InChI is InChI=1S/C28H40N4O5/c1-16(2)24(29-17-9-11-18(12-10-17)30-27(36)37-28(3,4)5)19-7-6-8-20-21(19)15-32(26(20)35)22-13-14-23(33)31-25(22)34/h6-8,16-18,22,24,29H,9-15H2,1-5H3,(H,30,36)(H,31,33,34)/t17?,18?,22-,24-/m1/s1. The lowest BCUT2D eigenvalue weighted by atomic mass is 9.86. The van der Waals surface area contributed by atoms with Crippen molar-refractivity contribution in [2.75, 3.05) is 0 Å². The first-order valence-corrected chi connectivity index (χ1v) is 13.4. The number of ether oxygens (including phenoxy) is 1. The van der Waals surface area contributed by atoms with E-state index in [0.29, 0.717) is 24.6 Å². The number of amides is 4. The van der Waals surface area contributed by atoms with Crippen LogP contribution in [0.3, 0.4) is 0 Å². The van der Waals surface area contributed by atoms with Crippen molar-refractivity contribution >= 4 is 23.8 Å². The van der Waals surface area contributed by atoms with Gasteiger partial charge in [0.1, 0.15) is 11.6 Å². The van der Waals surface area contributed by atoms with Crippen molar-refractivity contribution in [3.8, 4) is 0 Å². The molecule has 37 heavy (non-hydrogen) atoms. The number of nitrogens with one attached hydrogen (secondary N) is 3. The third-order valence-electron chi connectivity index (χ3n) is 7.48. The molecular weight excluding hydrogens is 472 g/mol. The van der Waals surface area contributed by atoms with Crippen LogP contribution >= 0.6 is 0 Å². The topological polar surface area (TPSA) is 117 Å². The lowest BCUT2D eigenvalue weighted by molar-refractivity contribution is -0.136. The second-order valence-electron chi connectivity index (χ2n) is 11.9. The SMILES string of the molecule is CC(C)[C@@H](NC1CCC(NC(=O)OC(C)(C)C)CC1)c1cccc2c1CN([C@@H]1CCC(=O)NC1=O)C2=O. The molecule has 0 unspecified atom stereocenters. The van der Waals surface area contributed by atoms with Crippen molar-refractivity contribution in [1.82, 2.24) is 20.9 Å². The minimum atomic E-state index is -0.622. The highest BCUT2D eigenvalue weighted by Gasteiger charge is 2.41. The van der Waals surface area contributed by atoms with Gasteiger partial charge in [-0.25, -0.2) is 4.79 Å². The molecular formula is C28H40N4O5. The molecule has 3 aliphatic rings. The normalized spacial score (nSPS) is 25.1. The van der Waals surface area contributed by atoms with E-state index in [1.165, 1.54) is 0 Å². The van der Waals surface area contributed by atoms with Gasteiger partial charge in [-0.2, -0.15) is 0 Å². The third kappa shape index (κ3) is 6.32. The van der Waals surface area contributed by atoms with Crippen LogP contribution in [-0.4, -0.2) is 52.4 Å². The number of rotatable bonds is 6. The monoisotopic (exact) mass is 512 g/mol. The highest BCUT2D eigenvalue weighted by molar-refractivity contribution is 6.05. The van der Waals surface area contributed by atoms with E-state index in [9.17, 15) is 19.2 Å². The second-order valence-corrected chi connectivity index (χ2v) is 11.9. The van der Waals surface area contributed by atoms with E-state index in [4.69, 9.17) is 4.74 Å². The molecule has 0 radical (unpaired) electrons. The van der Waals surface area contributed by atoms with Crippen molar-refractivity contribution in [2.24, 2.45) is 5.92 Å². The van der Waals surface area contributed by atoms with E-state index in [2.05, 4.69) is 35.9 Å². The maximum absolute atomic E-state index is 13.3. The first-order chi connectivity index (χ1) is 17.4. The van der Waals surface area contributed by atoms with Gasteiger partial charge in [-0.05, 0) is 76.0 Å². The molecule has 9 heteroatoms. The van der Waals surface area contributed by atoms with Gasteiger partial charge in [-0.1, -0.05) is 26.0 Å². The van der Waals surface area contributed by atoms with Crippen molar-refractivity contribution in [3.05, 3.63) is 34.9 Å². The van der Waals surface area contributed by atoms with Gasteiger partial charge >= 0.3 is 6.09 Å². The maximum Gasteiger partial charge on any atom is 0.407 e. The van der Waals surface area contributed by atoms with Gasteiger partial charge in [0, 0.05) is 36.7 Å². The van der Waals surface area contributed by atoms with Crippen LogP contribution in [0.25, 0.3) is 0 Å². The molecule has 2 fully saturated rings. The van der Waals surface area contributed by atoms with Crippen molar-refractivity contribution in [3.63, 3.8) is 0 Å². The Kier molecular flexibility index (Phi) is 7.92. The number of fused-ring (bicyclic) bond motifs is 1. The molecule has 1 saturated carbocycles. The zero-order chi connectivity index (χ0) is 26.9. The van der Waals surface area contributed by atoms with Gasteiger partial charge in [0.05, 0.1) is 0 Å². The van der Waals surface area contributed by atoms with Crippen LogP contribution in [0.15, 0.2) is 18.2 Å². The second kappa shape index (κ2) is 10.8. The van der Waals surface area contributed by atoms with Crippen LogP contribution in [0.1, 0.15) is 101 Å². The van der Waals surface area contributed by atoms with Crippen molar-refractivity contribution < 1.29 is 23.9 Å². The van der Waals surface area contributed by atoms with Crippen LogP contribution in [0.4, 0.5) is 4.79 Å². The molecule has 2 atom stereocenters. The summed E-state index contributed by atoms with van der Waals surface area (Å²) in [5.74, 6) is -0.549.